The molecule has 0 spiro atoms. The Bertz CT molecular complexity index is 818. The van der Waals surface area contributed by atoms with E-state index < -0.39 is 0 Å². The van der Waals surface area contributed by atoms with Gasteiger partial charge in [-0.25, -0.2) is 4.98 Å². The summed E-state index contributed by atoms with van der Waals surface area (Å²) in [6.45, 7) is 0.841. The fourth-order valence-electron chi connectivity index (χ4n) is 2.78. The number of hydrogen-bond donors (Lipinski definition) is 1. The molecule has 1 saturated carbocycles. The Hall–Kier alpha value is -1.81. The molecule has 2 N–H and O–H groups in total. The smallest absolute Gasteiger partial charge is 0.113 e. The third-order valence-corrected chi connectivity index (χ3v) is 4.80. The predicted molar refractivity (Wildman–Crippen MR) is 89.4 cm³/mol. The molecule has 4 rings (SSSR count). The van der Waals surface area contributed by atoms with Gasteiger partial charge in [0.15, 0.2) is 0 Å². The molecule has 1 aromatic heterocycles. The molecule has 3 aromatic rings. The van der Waals surface area contributed by atoms with Crippen LogP contribution in [-0.2, 0) is 6.54 Å². The summed E-state index contributed by atoms with van der Waals surface area (Å²) in [7, 11) is 0. The van der Waals surface area contributed by atoms with Gasteiger partial charge in [-0.15, -0.1) is 0 Å². The third kappa shape index (κ3) is 2.33. The minimum Gasteiger partial charge on any atom is -0.399 e. The minimum absolute atomic E-state index is 0.612. The molecule has 106 valence electrons. The van der Waals surface area contributed by atoms with E-state index in [0.29, 0.717) is 5.92 Å². The highest BCUT2D eigenvalue weighted by Crippen LogP contribution is 2.41. The summed E-state index contributed by atoms with van der Waals surface area (Å²) in [4.78, 5) is 4.83. The molecule has 0 bridgehead atoms. The molecule has 4 heteroatoms. The van der Waals surface area contributed by atoms with Crippen molar-refractivity contribution in [2.45, 2.75) is 25.3 Å². The third-order valence-electron chi connectivity index (χ3n) is 4.03. The fraction of sp³-hybridized carbons (Fsp3) is 0.235. The summed E-state index contributed by atoms with van der Waals surface area (Å²) in [6.07, 6.45) is 2.49. The Labute approximate surface area is 131 Å². The zero-order valence-corrected chi connectivity index (χ0v) is 13.2. The van der Waals surface area contributed by atoms with Gasteiger partial charge in [0.05, 0.1) is 17.6 Å². The van der Waals surface area contributed by atoms with Crippen LogP contribution in [0, 0.1) is 0 Å². The molecule has 1 heterocycles. The standard InChI is InChI=1S/C17H16BrN3/c18-14-4-2-1-3-12(14)10-21-16-8-7-13(19)9-15(16)20-17(21)11-5-6-11/h1-4,7-9,11H,5-6,10,19H2. The van der Waals surface area contributed by atoms with Crippen molar-refractivity contribution < 1.29 is 0 Å². The number of rotatable bonds is 3. The van der Waals surface area contributed by atoms with Gasteiger partial charge in [0, 0.05) is 16.1 Å². The lowest BCUT2D eigenvalue weighted by molar-refractivity contribution is 0.745. The van der Waals surface area contributed by atoms with Crippen LogP contribution in [-0.4, -0.2) is 9.55 Å². The zero-order valence-electron chi connectivity index (χ0n) is 11.6. The summed E-state index contributed by atoms with van der Waals surface area (Å²) < 4.78 is 3.48. The van der Waals surface area contributed by atoms with E-state index in [4.69, 9.17) is 10.7 Å². The van der Waals surface area contributed by atoms with Crippen LogP contribution in [0.5, 0.6) is 0 Å². The summed E-state index contributed by atoms with van der Waals surface area (Å²) >= 11 is 3.64. The SMILES string of the molecule is Nc1ccc2c(c1)nc(C1CC1)n2Cc1ccccc1Br. The van der Waals surface area contributed by atoms with Crippen LogP contribution in [0.3, 0.4) is 0 Å². The molecule has 3 nitrogen and oxygen atoms in total. The van der Waals surface area contributed by atoms with Gasteiger partial charge in [-0.1, -0.05) is 34.1 Å². The second-order valence-electron chi connectivity index (χ2n) is 5.67. The van der Waals surface area contributed by atoms with Gasteiger partial charge >= 0.3 is 0 Å². The zero-order chi connectivity index (χ0) is 14.4. The average molecular weight is 342 g/mol. The lowest BCUT2D eigenvalue weighted by atomic mass is 10.2. The van der Waals surface area contributed by atoms with Crippen molar-refractivity contribution in [1.82, 2.24) is 9.55 Å². The van der Waals surface area contributed by atoms with E-state index in [2.05, 4.69) is 44.8 Å². The topological polar surface area (TPSA) is 43.8 Å². The van der Waals surface area contributed by atoms with E-state index in [1.807, 2.05) is 18.2 Å². The van der Waals surface area contributed by atoms with Crippen LogP contribution in [0.25, 0.3) is 11.0 Å². The normalized spacial score (nSPS) is 14.7. The molecule has 0 amide bonds. The highest BCUT2D eigenvalue weighted by Gasteiger charge is 2.29. The van der Waals surface area contributed by atoms with Gasteiger partial charge in [-0.2, -0.15) is 0 Å². The fourth-order valence-corrected chi connectivity index (χ4v) is 3.19. The van der Waals surface area contributed by atoms with Gasteiger partial charge in [0.25, 0.3) is 0 Å². The highest BCUT2D eigenvalue weighted by atomic mass is 79.9. The van der Waals surface area contributed by atoms with E-state index in [-0.39, 0.29) is 0 Å². The van der Waals surface area contributed by atoms with Crippen molar-refractivity contribution in [2.75, 3.05) is 5.73 Å². The van der Waals surface area contributed by atoms with Crippen molar-refractivity contribution in [1.29, 1.82) is 0 Å². The van der Waals surface area contributed by atoms with Crippen molar-refractivity contribution in [2.24, 2.45) is 0 Å². The molecule has 0 saturated heterocycles. The lowest BCUT2D eigenvalue weighted by Gasteiger charge is -2.10. The highest BCUT2D eigenvalue weighted by molar-refractivity contribution is 9.10. The number of nitrogen functional groups attached to an aromatic ring is 1. The number of nitrogens with zero attached hydrogens (tertiary/aromatic N) is 2. The number of benzene rings is 2. The summed E-state index contributed by atoms with van der Waals surface area (Å²) in [5.74, 6) is 1.81. The van der Waals surface area contributed by atoms with E-state index in [9.17, 15) is 0 Å². The van der Waals surface area contributed by atoms with Crippen LogP contribution >= 0.6 is 15.9 Å². The first-order valence-electron chi connectivity index (χ1n) is 7.21. The number of imidazole rings is 1. The van der Waals surface area contributed by atoms with Crippen LogP contribution < -0.4 is 5.73 Å². The van der Waals surface area contributed by atoms with Gasteiger partial charge in [0.1, 0.15) is 5.82 Å². The summed E-state index contributed by atoms with van der Waals surface area (Å²) in [5, 5.41) is 0. The molecule has 1 aliphatic carbocycles. The van der Waals surface area contributed by atoms with Crippen molar-refractivity contribution in [3.63, 3.8) is 0 Å². The largest absolute Gasteiger partial charge is 0.399 e. The second-order valence-corrected chi connectivity index (χ2v) is 6.52. The number of fused-ring (bicyclic) bond motifs is 1. The first kappa shape index (κ1) is 12.9. The van der Waals surface area contributed by atoms with Gasteiger partial charge in [-0.3, -0.25) is 0 Å². The molecule has 0 atom stereocenters. The number of nitrogens with two attached hydrogens (primary N) is 1. The van der Waals surface area contributed by atoms with E-state index in [1.165, 1.54) is 29.7 Å². The predicted octanol–water partition coefficient (Wildman–Crippen LogP) is 4.31. The first-order valence-corrected chi connectivity index (χ1v) is 8.01. The van der Waals surface area contributed by atoms with Crippen LogP contribution in [0.1, 0.15) is 30.1 Å². The summed E-state index contributed by atoms with van der Waals surface area (Å²) in [5.41, 5.74) is 10.1. The Kier molecular flexibility index (Phi) is 3.00. The maximum atomic E-state index is 5.89. The number of hydrogen-bond acceptors (Lipinski definition) is 2. The molecule has 0 unspecified atom stereocenters. The first-order chi connectivity index (χ1) is 10.2. The molecular formula is C17H16BrN3. The quantitative estimate of drug-likeness (QED) is 0.721. The minimum atomic E-state index is 0.612. The monoisotopic (exact) mass is 341 g/mol. The van der Waals surface area contributed by atoms with E-state index >= 15 is 0 Å². The lowest BCUT2D eigenvalue weighted by Crippen LogP contribution is -2.04. The van der Waals surface area contributed by atoms with Gasteiger partial charge in [-0.05, 0) is 42.7 Å². The van der Waals surface area contributed by atoms with E-state index in [1.54, 1.807) is 0 Å². The molecule has 2 aromatic carbocycles. The Morgan fingerprint density at radius 2 is 2.00 bits per heavy atom. The number of halogens is 1. The Balaban J connectivity index is 1.86. The maximum absolute atomic E-state index is 5.89. The van der Waals surface area contributed by atoms with Crippen molar-refractivity contribution in [3.05, 3.63) is 58.3 Å². The van der Waals surface area contributed by atoms with Gasteiger partial charge in [0.2, 0.25) is 0 Å². The van der Waals surface area contributed by atoms with Crippen molar-refractivity contribution in [3.8, 4) is 0 Å². The molecule has 1 fully saturated rings. The summed E-state index contributed by atoms with van der Waals surface area (Å²) in [6, 6.07) is 14.4. The average Bonchev–Trinajstić information content (AvgIpc) is 3.25. The van der Waals surface area contributed by atoms with E-state index in [0.717, 1.165) is 22.2 Å². The number of anilines is 1. The van der Waals surface area contributed by atoms with Crippen LogP contribution in [0.4, 0.5) is 5.69 Å². The Morgan fingerprint density at radius 3 is 2.76 bits per heavy atom. The molecule has 0 radical (unpaired) electrons. The van der Waals surface area contributed by atoms with Crippen LogP contribution in [0.2, 0.25) is 0 Å². The Morgan fingerprint density at radius 1 is 1.19 bits per heavy atom. The molecule has 0 aliphatic heterocycles. The van der Waals surface area contributed by atoms with Crippen LogP contribution in [0.15, 0.2) is 46.9 Å². The second kappa shape index (κ2) is 4.88. The number of aromatic nitrogens is 2. The maximum Gasteiger partial charge on any atom is 0.113 e. The van der Waals surface area contributed by atoms with Crippen molar-refractivity contribution >= 4 is 32.7 Å². The molecule has 1 aliphatic rings. The van der Waals surface area contributed by atoms with Gasteiger partial charge < -0.3 is 10.3 Å². The molecule has 21 heavy (non-hydrogen) atoms. The molecular weight excluding hydrogens is 326 g/mol.